The van der Waals surface area contributed by atoms with E-state index in [-0.39, 0.29) is 5.57 Å². The number of hydrogen-bond donors (Lipinski definition) is 0. The largest absolute Gasteiger partial charge is 0.492 e. The Morgan fingerprint density at radius 3 is 2.44 bits per heavy atom. The summed E-state index contributed by atoms with van der Waals surface area (Å²) in [6.07, 6.45) is 7.50. The van der Waals surface area contributed by atoms with E-state index in [0.29, 0.717) is 18.7 Å². The molecule has 0 bridgehead atoms. The number of rotatable bonds is 15. The Kier molecular flexibility index (Phi) is 11.6. The first-order valence-corrected chi connectivity index (χ1v) is 12.2. The van der Waals surface area contributed by atoms with Gasteiger partial charge in [-0.15, -0.1) is 0 Å². The fourth-order valence-electron chi connectivity index (χ4n) is 3.44. The molecule has 0 aliphatic carbocycles. The molecule has 0 aliphatic rings. The van der Waals surface area contributed by atoms with Gasteiger partial charge in [-0.05, 0) is 51.1 Å². The van der Waals surface area contributed by atoms with Gasteiger partial charge in [-0.25, -0.2) is 0 Å². The van der Waals surface area contributed by atoms with Crippen LogP contribution in [0.5, 0.6) is 5.75 Å². The van der Waals surface area contributed by atoms with Gasteiger partial charge in [-0.2, -0.15) is 8.78 Å². The van der Waals surface area contributed by atoms with Crippen LogP contribution < -0.4 is 4.74 Å². The van der Waals surface area contributed by atoms with Crippen molar-refractivity contribution in [2.75, 3.05) is 39.8 Å². The Labute approximate surface area is 204 Å². The Hall–Kier alpha value is -2.37. The maximum absolute atomic E-state index is 13.8. The van der Waals surface area contributed by atoms with Gasteiger partial charge in [0.1, 0.15) is 12.4 Å². The number of ether oxygens (including phenoxy) is 1. The van der Waals surface area contributed by atoms with Crippen LogP contribution in [-0.2, 0) is 4.79 Å². The van der Waals surface area contributed by atoms with E-state index in [1.54, 1.807) is 30.3 Å². The maximum atomic E-state index is 13.8. The quantitative estimate of drug-likeness (QED) is 0.251. The minimum atomic E-state index is -3.53. The molecule has 34 heavy (non-hydrogen) atoms. The van der Waals surface area contributed by atoms with Crippen molar-refractivity contribution in [3.8, 4) is 5.75 Å². The van der Waals surface area contributed by atoms with Gasteiger partial charge in [0.15, 0.2) is 0 Å². The lowest BCUT2D eigenvalue weighted by Crippen LogP contribution is -2.32. The zero-order chi connectivity index (χ0) is 25.0. The molecule has 0 N–H and O–H groups in total. The van der Waals surface area contributed by atoms with Crippen LogP contribution in [0, 0.1) is 6.92 Å². The number of benzene rings is 1. The zero-order valence-corrected chi connectivity index (χ0v) is 21.5. The van der Waals surface area contributed by atoms with E-state index in [0.717, 1.165) is 44.6 Å². The Morgan fingerprint density at radius 2 is 1.82 bits per heavy atom. The number of allylic oxidation sites excluding steroid dienone is 1. The van der Waals surface area contributed by atoms with E-state index in [2.05, 4.69) is 16.8 Å². The third kappa shape index (κ3) is 9.86. The number of halogens is 2. The highest BCUT2D eigenvalue weighted by Gasteiger charge is 2.35. The van der Waals surface area contributed by atoms with Gasteiger partial charge in [-0.1, -0.05) is 46.3 Å². The first-order chi connectivity index (χ1) is 16.2. The number of Topliss-reactive ketones (excluding diaryl/α,β-unsaturated/α-hetero) is 1. The number of nitrogens with zero attached hydrogens (tertiary/aromatic N) is 3. The molecular weight excluding hydrogens is 455 g/mol. The van der Waals surface area contributed by atoms with Gasteiger partial charge < -0.3 is 9.64 Å². The summed E-state index contributed by atoms with van der Waals surface area (Å²) in [5.41, 5.74) is -2.01. The van der Waals surface area contributed by atoms with Crippen molar-refractivity contribution in [1.82, 2.24) is 14.8 Å². The van der Waals surface area contributed by atoms with Crippen molar-refractivity contribution in [2.24, 2.45) is 0 Å². The van der Waals surface area contributed by atoms with Crippen LogP contribution in [0.4, 0.5) is 8.78 Å². The molecule has 2 rings (SSSR count). The van der Waals surface area contributed by atoms with E-state index in [9.17, 15) is 13.6 Å². The number of aromatic nitrogens is 1. The third-order valence-corrected chi connectivity index (χ3v) is 5.64. The van der Waals surface area contributed by atoms with Crippen LogP contribution in [0.1, 0.15) is 37.3 Å². The highest BCUT2D eigenvalue weighted by atomic mass is 31.0. The second kappa shape index (κ2) is 14.1. The van der Waals surface area contributed by atoms with E-state index < -0.39 is 11.4 Å². The van der Waals surface area contributed by atoms with E-state index >= 15 is 0 Å². The molecule has 0 radical (unpaired) electrons. The molecule has 0 amide bonds. The molecular formula is C26H36F2N3O2P. The second-order valence-corrected chi connectivity index (χ2v) is 9.15. The molecule has 0 saturated carbocycles. The summed E-state index contributed by atoms with van der Waals surface area (Å²) < 4.78 is 33.4. The summed E-state index contributed by atoms with van der Waals surface area (Å²) in [7, 11) is 3.12. The predicted molar refractivity (Wildman–Crippen MR) is 137 cm³/mol. The molecule has 1 aromatic heterocycles. The normalized spacial score (nSPS) is 12.1. The fraction of sp³-hybridized carbons (Fsp3) is 0.462. The topological polar surface area (TPSA) is 45.7 Å². The van der Waals surface area contributed by atoms with Crippen LogP contribution in [-0.4, -0.2) is 66.1 Å². The molecule has 0 fully saturated rings. The van der Waals surface area contributed by atoms with E-state index in [4.69, 9.17) is 4.74 Å². The van der Waals surface area contributed by atoms with Crippen LogP contribution in [0.3, 0.4) is 0 Å². The highest BCUT2D eigenvalue weighted by molar-refractivity contribution is 7.20. The molecule has 1 unspecified atom stereocenters. The monoisotopic (exact) mass is 491 g/mol. The summed E-state index contributed by atoms with van der Waals surface area (Å²) in [6.45, 7) is 8.08. The van der Waals surface area contributed by atoms with E-state index in [1.807, 2.05) is 31.2 Å². The van der Waals surface area contributed by atoms with E-state index in [1.165, 1.54) is 27.2 Å². The van der Waals surface area contributed by atoms with Crippen molar-refractivity contribution >= 4 is 20.6 Å². The lowest BCUT2D eigenvalue weighted by Gasteiger charge is -2.24. The molecule has 8 heteroatoms. The van der Waals surface area contributed by atoms with Crippen molar-refractivity contribution < 1.29 is 18.3 Å². The molecule has 0 saturated heterocycles. The number of pyridine rings is 1. The number of carbonyl (C=O) groups excluding carboxylic acids is 1. The molecule has 5 nitrogen and oxygen atoms in total. The van der Waals surface area contributed by atoms with Crippen molar-refractivity contribution in [3.05, 3.63) is 66.1 Å². The maximum Gasteiger partial charge on any atom is 0.320 e. The van der Waals surface area contributed by atoms with Crippen LogP contribution in [0.15, 0.2) is 55.0 Å². The number of aryl methyl sites for hydroxylation is 1. The second-order valence-electron chi connectivity index (χ2n) is 8.43. The smallest absolute Gasteiger partial charge is 0.320 e. The summed E-state index contributed by atoms with van der Waals surface area (Å²) >= 11 is 0. The predicted octanol–water partition coefficient (Wildman–Crippen LogP) is 5.27. The fourth-order valence-corrected chi connectivity index (χ4v) is 3.59. The molecule has 1 heterocycles. The number of alkyl halides is 2. The van der Waals surface area contributed by atoms with Crippen molar-refractivity contribution in [2.45, 2.75) is 38.8 Å². The number of ketones is 1. The van der Waals surface area contributed by atoms with Gasteiger partial charge in [0.2, 0.25) is 5.78 Å². The average Bonchev–Trinajstić information content (AvgIpc) is 2.81. The molecule has 0 spiro atoms. The molecule has 186 valence electrons. The Balaban J connectivity index is 1.93. The van der Waals surface area contributed by atoms with Gasteiger partial charge in [0, 0.05) is 49.9 Å². The van der Waals surface area contributed by atoms with Crippen LogP contribution >= 0.6 is 9.24 Å². The zero-order valence-electron chi connectivity index (χ0n) is 20.3. The average molecular weight is 492 g/mol. The lowest BCUT2D eigenvalue weighted by molar-refractivity contribution is -0.126. The third-order valence-electron chi connectivity index (χ3n) is 5.38. The molecule has 0 aliphatic heterocycles. The van der Waals surface area contributed by atoms with Gasteiger partial charge >= 0.3 is 5.66 Å². The molecule has 1 atom stereocenters. The highest BCUT2D eigenvalue weighted by Crippen LogP contribution is 2.30. The minimum Gasteiger partial charge on any atom is -0.492 e. The lowest BCUT2D eigenvalue weighted by atomic mass is 10.0. The number of carbonyl (C=O) groups is 1. The summed E-state index contributed by atoms with van der Waals surface area (Å²) in [5, 5.41) is 0. The molecule has 1 aromatic carbocycles. The Morgan fingerprint density at radius 1 is 1.12 bits per heavy atom. The Bertz CT molecular complexity index is 903. The van der Waals surface area contributed by atoms with Gasteiger partial charge in [0.25, 0.3) is 0 Å². The first-order valence-electron chi connectivity index (χ1n) is 11.7. The first kappa shape index (κ1) is 27.9. The van der Waals surface area contributed by atoms with Gasteiger partial charge in [-0.3, -0.25) is 14.7 Å². The van der Waals surface area contributed by atoms with Crippen molar-refractivity contribution in [3.63, 3.8) is 0 Å². The summed E-state index contributed by atoms with van der Waals surface area (Å²) in [6, 6.07) is 11.3. The summed E-state index contributed by atoms with van der Waals surface area (Å²) in [4.78, 5) is 20.5. The number of hydrogen-bond acceptors (Lipinski definition) is 5. The number of unbranched alkanes of at least 4 members (excludes halogenated alkanes) is 1. The summed E-state index contributed by atoms with van der Waals surface area (Å²) in [5.74, 6) is -0.375. The SMILES string of the molecule is CCCCN(CCCN(C)/C=C(/C(=O)C(F)(F)P)c1cccnc1)CCOc1ccc(C)cc1. The minimum absolute atomic E-state index is 0.0510. The van der Waals surface area contributed by atoms with Crippen molar-refractivity contribution in [1.29, 1.82) is 0 Å². The standard InChI is InChI=1S/C26H36F2N3O2P/c1-4-5-15-31(17-18-33-23-11-9-21(2)10-12-23)16-7-14-30(3)20-24(25(32)26(27,28)34)22-8-6-13-29-19-22/h6,8-13,19-20H,4-5,7,14-18,34H2,1-3H3/b24-20+. The van der Waals surface area contributed by atoms with Crippen LogP contribution in [0.2, 0.25) is 0 Å². The van der Waals surface area contributed by atoms with Gasteiger partial charge in [0.05, 0.1) is 0 Å². The molecule has 2 aromatic rings. The van der Waals surface area contributed by atoms with Crippen LogP contribution in [0.25, 0.3) is 5.57 Å².